The number of alkyl carbamates (subject to hydrolysis) is 1. The third-order valence-corrected chi connectivity index (χ3v) is 3.40. The molecule has 0 aliphatic heterocycles. The van der Waals surface area contributed by atoms with E-state index in [1.807, 2.05) is 33.0 Å². The molecule has 0 saturated carbocycles. The van der Waals surface area contributed by atoms with Crippen molar-refractivity contribution in [2.45, 2.75) is 58.2 Å². The van der Waals surface area contributed by atoms with Gasteiger partial charge in [0.15, 0.2) is 0 Å². The minimum absolute atomic E-state index is 0.162. The first-order valence-corrected chi connectivity index (χ1v) is 7.52. The number of carbonyl (C=O) groups is 1. The topological polar surface area (TPSA) is 63.2 Å². The van der Waals surface area contributed by atoms with Gasteiger partial charge in [-0.3, -0.25) is 4.98 Å². The van der Waals surface area contributed by atoms with Crippen LogP contribution in [0, 0.1) is 0 Å². The van der Waals surface area contributed by atoms with Crippen molar-refractivity contribution in [2.75, 3.05) is 6.54 Å². The van der Waals surface area contributed by atoms with Gasteiger partial charge in [0.25, 0.3) is 0 Å². The van der Waals surface area contributed by atoms with Gasteiger partial charge in [-0.05, 0) is 52.2 Å². The molecule has 2 unspecified atom stereocenters. The van der Waals surface area contributed by atoms with Gasteiger partial charge in [-0.2, -0.15) is 0 Å². The molecule has 2 N–H and O–H groups in total. The Labute approximate surface area is 126 Å². The molecule has 1 aliphatic carbocycles. The summed E-state index contributed by atoms with van der Waals surface area (Å²) in [5.74, 6) is 0. The molecule has 116 valence electrons. The zero-order chi connectivity index (χ0) is 15.5. The maximum absolute atomic E-state index is 11.6. The highest BCUT2D eigenvalue weighted by molar-refractivity contribution is 5.67. The fourth-order valence-corrected chi connectivity index (χ4v) is 2.53. The van der Waals surface area contributed by atoms with Crippen LogP contribution in [-0.4, -0.2) is 29.3 Å². The highest BCUT2D eigenvalue weighted by atomic mass is 16.6. The van der Waals surface area contributed by atoms with Crippen LogP contribution in [0.5, 0.6) is 0 Å². The van der Waals surface area contributed by atoms with Crippen molar-refractivity contribution in [2.24, 2.45) is 0 Å². The van der Waals surface area contributed by atoms with Gasteiger partial charge >= 0.3 is 6.09 Å². The van der Waals surface area contributed by atoms with Crippen molar-refractivity contribution in [3.05, 3.63) is 29.6 Å². The number of pyridine rings is 1. The lowest BCUT2D eigenvalue weighted by Gasteiger charge is -2.22. The Morgan fingerprint density at radius 1 is 1.52 bits per heavy atom. The van der Waals surface area contributed by atoms with Crippen LogP contribution < -0.4 is 10.6 Å². The Bertz CT molecular complexity index is 497. The van der Waals surface area contributed by atoms with E-state index in [1.165, 1.54) is 5.56 Å². The number of rotatable bonds is 4. The number of aromatic nitrogens is 1. The summed E-state index contributed by atoms with van der Waals surface area (Å²) in [7, 11) is 0. The average molecular weight is 291 g/mol. The smallest absolute Gasteiger partial charge is 0.407 e. The normalized spacial score (nSPS) is 19.0. The summed E-state index contributed by atoms with van der Waals surface area (Å²) in [4.78, 5) is 16.1. The summed E-state index contributed by atoms with van der Waals surface area (Å²) >= 11 is 0. The zero-order valence-electron chi connectivity index (χ0n) is 13.3. The van der Waals surface area contributed by atoms with Crippen molar-refractivity contribution < 1.29 is 9.53 Å². The molecule has 1 heterocycles. The predicted octanol–water partition coefficient (Wildman–Crippen LogP) is 2.57. The summed E-state index contributed by atoms with van der Waals surface area (Å²) < 4.78 is 5.22. The van der Waals surface area contributed by atoms with Crippen molar-refractivity contribution in [1.29, 1.82) is 0 Å². The molecule has 0 aromatic carbocycles. The van der Waals surface area contributed by atoms with Crippen LogP contribution in [0.15, 0.2) is 18.3 Å². The van der Waals surface area contributed by atoms with Gasteiger partial charge in [-0.1, -0.05) is 6.07 Å². The fraction of sp³-hybridized carbons (Fsp3) is 0.625. The summed E-state index contributed by atoms with van der Waals surface area (Å²) in [6.45, 7) is 8.16. The Hall–Kier alpha value is -1.62. The molecular weight excluding hydrogens is 266 g/mol. The first kappa shape index (κ1) is 15.8. The average Bonchev–Trinajstić information content (AvgIpc) is 2.78. The summed E-state index contributed by atoms with van der Waals surface area (Å²) in [5.41, 5.74) is 2.00. The number of hydrogen-bond donors (Lipinski definition) is 2. The molecule has 2 rings (SSSR count). The van der Waals surface area contributed by atoms with Crippen molar-refractivity contribution in [3.8, 4) is 0 Å². The molecule has 0 saturated heterocycles. The summed E-state index contributed by atoms with van der Waals surface area (Å²) in [5, 5.41) is 6.31. The van der Waals surface area contributed by atoms with Gasteiger partial charge in [0.05, 0.1) is 11.7 Å². The van der Waals surface area contributed by atoms with E-state index in [-0.39, 0.29) is 18.2 Å². The maximum atomic E-state index is 11.6. The van der Waals surface area contributed by atoms with Crippen molar-refractivity contribution in [1.82, 2.24) is 15.6 Å². The van der Waals surface area contributed by atoms with Crippen LogP contribution >= 0.6 is 0 Å². The second kappa shape index (κ2) is 6.43. The van der Waals surface area contributed by atoms with Crippen LogP contribution in [0.4, 0.5) is 4.79 Å². The lowest BCUT2D eigenvalue weighted by atomic mass is 10.2. The molecule has 21 heavy (non-hydrogen) atoms. The van der Waals surface area contributed by atoms with Gasteiger partial charge in [-0.15, -0.1) is 0 Å². The quantitative estimate of drug-likeness (QED) is 0.895. The van der Waals surface area contributed by atoms with Gasteiger partial charge in [0.2, 0.25) is 0 Å². The summed E-state index contributed by atoms with van der Waals surface area (Å²) in [6.07, 6.45) is 3.58. The number of ether oxygens (including phenoxy) is 1. The van der Waals surface area contributed by atoms with Gasteiger partial charge in [-0.25, -0.2) is 4.79 Å². The van der Waals surface area contributed by atoms with E-state index < -0.39 is 5.60 Å². The van der Waals surface area contributed by atoms with E-state index in [4.69, 9.17) is 4.74 Å². The highest BCUT2D eigenvalue weighted by Gasteiger charge is 2.24. The number of nitrogens with one attached hydrogen (secondary N) is 2. The fourth-order valence-electron chi connectivity index (χ4n) is 2.53. The maximum Gasteiger partial charge on any atom is 0.407 e. The Balaban J connectivity index is 1.78. The molecule has 1 aliphatic rings. The Kier molecular flexibility index (Phi) is 4.83. The number of fused-ring (bicyclic) bond motifs is 1. The number of hydrogen-bond acceptors (Lipinski definition) is 4. The van der Waals surface area contributed by atoms with Crippen LogP contribution in [0.3, 0.4) is 0 Å². The molecule has 1 aromatic heterocycles. The van der Waals surface area contributed by atoms with E-state index in [2.05, 4.69) is 28.6 Å². The second-order valence-electron chi connectivity index (χ2n) is 6.59. The number of amides is 1. The second-order valence-corrected chi connectivity index (χ2v) is 6.59. The lowest BCUT2D eigenvalue weighted by molar-refractivity contribution is 0.0522. The molecule has 1 amide bonds. The van der Waals surface area contributed by atoms with E-state index in [1.54, 1.807) is 0 Å². The molecule has 0 fully saturated rings. The lowest BCUT2D eigenvalue weighted by Crippen LogP contribution is -2.42. The van der Waals surface area contributed by atoms with Gasteiger partial charge < -0.3 is 15.4 Å². The van der Waals surface area contributed by atoms with Crippen LogP contribution in [0.1, 0.15) is 51.4 Å². The minimum Gasteiger partial charge on any atom is -0.444 e. The molecule has 0 bridgehead atoms. The SMILES string of the molecule is CC(CNC(=O)OC(C)(C)C)NC1CCc2cccnc21. The molecular formula is C16H25N3O2. The monoisotopic (exact) mass is 291 g/mol. The van der Waals surface area contributed by atoms with Crippen LogP contribution in [0.25, 0.3) is 0 Å². The molecule has 5 nitrogen and oxygen atoms in total. The standard InChI is InChI=1S/C16H25N3O2/c1-11(10-18-15(20)21-16(2,3)4)19-13-8-7-12-6-5-9-17-14(12)13/h5-6,9,11,13,19H,7-8,10H2,1-4H3,(H,18,20). The third-order valence-electron chi connectivity index (χ3n) is 3.40. The van der Waals surface area contributed by atoms with E-state index >= 15 is 0 Å². The molecule has 5 heteroatoms. The van der Waals surface area contributed by atoms with E-state index in [9.17, 15) is 4.79 Å². The third kappa shape index (κ3) is 4.70. The van der Waals surface area contributed by atoms with Gasteiger partial charge in [0, 0.05) is 18.8 Å². The zero-order valence-corrected chi connectivity index (χ0v) is 13.3. The Morgan fingerprint density at radius 3 is 3.00 bits per heavy atom. The van der Waals surface area contributed by atoms with E-state index in [0.29, 0.717) is 6.54 Å². The highest BCUT2D eigenvalue weighted by Crippen LogP contribution is 2.28. The number of nitrogens with zero attached hydrogens (tertiary/aromatic N) is 1. The molecule has 1 aromatic rings. The number of aryl methyl sites for hydroxylation is 1. The van der Waals surface area contributed by atoms with Crippen molar-refractivity contribution in [3.63, 3.8) is 0 Å². The molecule has 0 radical (unpaired) electrons. The molecule has 0 spiro atoms. The molecule has 2 atom stereocenters. The first-order chi connectivity index (χ1) is 9.85. The van der Waals surface area contributed by atoms with Gasteiger partial charge in [0.1, 0.15) is 5.60 Å². The van der Waals surface area contributed by atoms with Crippen LogP contribution in [0.2, 0.25) is 0 Å². The van der Waals surface area contributed by atoms with Crippen molar-refractivity contribution >= 4 is 6.09 Å². The first-order valence-electron chi connectivity index (χ1n) is 7.52. The summed E-state index contributed by atoms with van der Waals surface area (Å²) in [6, 6.07) is 4.55. The Morgan fingerprint density at radius 2 is 2.29 bits per heavy atom. The largest absolute Gasteiger partial charge is 0.444 e. The number of carbonyl (C=O) groups excluding carboxylic acids is 1. The van der Waals surface area contributed by atoms with Crippen LogP contribution in [-0.2, 0) is 11.2 Å². The minimum atomic E-state index is -0.463. The van der Waals surface area contributed by atoms with E-state index in [0.717, 1.165) is 18.5 Å². The predicted molar refractivity (Wildman–Crippen MR) is 82.1 cm³/mol.